The van der Waals surface area contributed by atoms with Crippen molar-refractivity contribution in [1.82, 2.24) is 10.2 Å². The van der Waals surface area contributed by atoms with Gasteiger partial charge in [0.2, 0.25) is 0 Å². The summed E-state index contributed by atoms with van der Waals surface area (Å²) in [7, 11) is 2.50. The smallest absolute Gasteiger partial charge is 0.264 e. The van der Waals surface area contributed by atoms with Crippen molar-refractivity contribution in [3.05, 3.63) is 23.8 Å². The van der Waals surface area contributed by atoms with Gasteiger partial charge in [-0.1, -0.05) is 29.0 Å². The Morgan fingerprint density at radius 2 is 2.25 bits per heavy atom. The van der Waals surface area contributed by atoms with Crippen LogP contribution in [0.15, 0.2) is 23.8 Å². The number of hydrogen-bond donors (Lipinski definition) is 3. The summed E-state index contributed by atoms with van der Waals surface area (Å²) in [6, 6.07) is -0.502. The van der Waals surface area contributed by atoms with Gasteiger partial charge in [-0.2, -0.15) is 0 Å². The van der Waals surface area contributed by atoms with Gasteiger partial charge in [-0.25, -0.2) is 0 Å². The number of nitrogens with one attached hydrogen (secondary N) is 1. The summed E-state index contributed by atoms with van der Waals surface area (Å²) in [6.45, 7) is -0.459. The van der Waals surface area contributed by atoms with Crippen molar-refractivity contribution in [3.63, 3.8) is 0 Å². The van der Waals surface area contributed by atoms with E-state index >= 15 is 0 Å². The Hall–Kier alpha value is -0.960. The number of aliphatic hydroxyl groups excluding tert-OH is 2. The molecule has 5 rings (SSSR count). The van der Waals surface area contributed by atoms with E-state index < -0.39 is 28.5 Å². The highest BCUT2D eigenvalue weighted by Crippen LogP contribution is 2.61. The van der Waals surface area contributed by atoms with Crippen LogP contribution in [0.1, 0.15) is 6.42 Å². The quantitative estimate of drug-likeness (QED) is 0.558. The van der Waals surface area contributed by atoms with Gasteiger partial charge in [0.1, 0.15) is 0 Å². The van der Waals surface area contributed by atoms with Gasteiger partial charge in [0.05, 0.1) is 18.8 Å². The number of amides is 2. The standard InChI is InChI=1S/C12H12N2O4S2/c15-5-11-10(18)14-8-6(2-1-3-7(8)16)4-12(14,20-19-11)9(17)13-11/h1-3,7-8,15-16H,4-5H2,(H,13,17)/t7-,8-,11?,12?/m0/s1. The first-order chi connectivity index (χ1) is 9.54. The fraction of sp³-hybridized carbons (Fsp3) is 0.500. The van der Waals surface area contributed by atoms with Crippen molar-refractivity contribution in [1.29, 1.82) is 0 Å². The fourth-order valence-electron chi connectivity index (χ4n) is 3.23. The molecule has 4 atom stereocenters. The molecule has 20 heavy (non-hydrogen) atoms. The zero-order chi connectivity index (χ0) is 14.1. The van der Waals surface area contributed by atoms with Crippen LogP contribution in [0.2, 0.25) is 0 Å². The molecule has 2 unspecified atom stereocenters. The molecule has 1 spiro atoms. The minimum Gasteiger partial charge on any atom is -0.392 e. The number of carbonyl (C=O) groups is 2. The molecule has 4 heterocycles. The average molecular weight is 312 g/mol. The van der Waals surface area contributed by atoms with E-state index in [2.05, 4.69) is 5.32 Å². The van der Waals surface area contributed by atoms with E-state index in [1.54, 1.807) is 12.2 Å². The Balaban J connectivity index is 1.87. The fourth-order valence-corrected chi connectivity index (χ4v) is 6.48. The Bertz CT molecular complexity index is 592. The zero-order valence-electron chi connectivity index (χ0n) is 10.3. The van der Waals surface area contributed by atoms with Crippen LogP contribution in [0.5, 0.6) is 0 Å². The molecule has 1 aliphatic carbocycles. The molecule has 5 aliphatic rings. The highest BCUT2D eigenvalue weighted by molar-refractivity contribution is 8.78. The molecule has 0 aromatic rings. The zero-order valence-corrected chi connectivity index (χ0v) is 11.9. The highest BCUT2D eigenvalue weighted by Gasteiger charge is 2.70. The van der Waals surface area contributed by atoms with E-state index in [4.69, 9.17) is 0 Å². The van der Waals surface area contributed by atoms with Crippen molar-refractivity contribution >= 4 is 33.4 Å². The number of aliphatic hydroxyl groups is 2. The second kappa shape index (κ2) is 3.82. The first-order valence-electron chi connectivity index (χ1n) is 6.23. The van der Waals surface area contributed by atoms with Crippen LogP contribution in [0.25, 0.3) is 0 Å². The van der Waals surface area contributed by atoms with Crippen molar-refractivity contribution in [3.8, 4) is 0 Å². The highest BCUT2D eigenvalue weighted by atomic mass is 33.1. The molecule has 6 nitrogen and oxygen atoms in total. The molecule has 0 radical (unpaired) electrons. The maximum Gasteiger partial charge on any atom is 0.264 e. The minimum absolute atomic E-state index is 0.266. The van der Waals surface area contributed by atoms with Crippen molar-refractivity contribution in [2.24, 2.45) is 0 Å². The topological polar surface area (TPSA) is 89.9 Å². The number of rotatable bonds is 1. The van der Waals surface area contributed by atoms with Crippen molar-refractivity contribution < 1.29 is 19.8 Å². The number of nitrogens with zero attached hydrogens (tertiary/aromatic N) is 1. The van der Waals surface area contributed by atoms with E-state index in [-0.39, 0.29) is 11.8 Å². The van der Waals surface area contributed by atoms with Crippen LogP contribution in [-0.2, 0) is 9.59 Å². The molecular formula is C12H12N2O4S2. The third-order valence-corrected chi connectivity index (χ3v) is 7.72. The first-order valence-corrected chi connectivity index (χ1v) is 8.38. The lowest BCUT2D eigenvalue weighted by Crippen LogP contribution is -2.77. The molecule has 3 N–H and O–H groups in total. The van der Waals surface area contributed by atoms with E-state index in [1.807, 2.05) is 6.08 Å². The Morgan fingerprint density at radius 3 is 2.95 bits per heavy atom. The number of carbonyl (C=O) groups excluding carboxylic acids is 2. The molecule has 106 valence electrons. The van der Waals surface area contributed by atoms with Crippen LogP contribution >= 0.6 is 21.6 Å². The van der Waals surface area contributed by atoms with Gasteiger partial charge in [-0.05, 0) is 16.4 Å². The largest absolute Gasteiger partial charge is 0.392 e. The summed E-state index contributed by atoms with van der Waals surface area (Å²) in [6.07, 6.45) is 4.82. The van der Waals surface area contributed by atoms with E-state index in [0.29, 0.717) is 6.42 Å². The van der Waals surface area contributed by atoms with Gasteiger partial charge in [-0.15, -0.1) is 0 Å². The molecule has 0 aromatic heterocycles. The van der Waals surface area contributed by atoms with Gasteiger partial charge >= 0.3 is 0 Å². The van der Waals surface area contributed by atoms with Crippen LogP contribution in [0.4, 0.5) is 0 Å². The lowest BCUT2D eigenvalue weighted by molar-refractivity contribution is -0.155. The maximum absolute atomic E-state index is 12.7. The number of hydrogen-bond acceptors (Lipinski definition) is 6. The molecule has 2 bridgehead atoms. The molecule has 4 aliphatic heterocycles. The second-order valence-corrected chi connectivity index (χ2v) is 8.01. The molecule has 8 heteroatoms. The summed E-state index contributed by atoms with van der Waals surface area (Å²) >= 11 is 0. The Morgan fingerprint density at radius 1 is 1.45 bits per heavy atom. The number of piperazine rings is 1. The molecule has 4 fully saturated rings. The lowest BCUT2D eigenvalue weighted by atomic mass is 9.97. The van der Waals surface area contributed by atoms with E-state index in [0.717, 1.165) is 5.57 Å². The summed E-state index contributed by atoms with van der Waals surface area (Å²) in [5.74, 6) is -0.594. The third kappa shape index (κ3) is 1.26. The molecule has 4 saturated heterocycles. The predicted molar refractivity (Wildman–Crippen MR) is 74.4 cm³/mol. The van der Waals surface area contributed by atoms with Gasteiger partial charge in [0.25, 0.3) is 11.8 Å². The third-order valence-electron chi connectivity index (χ3n) is 4.21. The SMILES string of the molecule is O=C1N2[C@H]3C(=CC=C[C@@H]3O)CC23SSC1(CO)NC3=O. The number of allylic oxidation sites excluding steroid dienone is 2. The monoisotopic (exact) mass is 312 g/mol. The van der Waals surface area contributed by atoms with E-state index in [1.165, 1.54) is 26.5 Å². The lowest BCUT2D eigenvalue weighted by Gasteiger charge is -2.54. The maximum atomic E-state index is 12.7. The molecule has 0 saturated carbocycles. The number of fused-ring (bicyclic) bond motifs is 3. The van der Waals surface area contributed by atoms with Gasteiger partial charge in [0, 0.05) is 6.42 Å². The Labute approximate surface area is 122 Å². The summed E-state index contributed by atoms with van der Waals surface area (Å²) in [4.78, 5) is 24.3. The first kappa shape index (κ1) is 12.8. The average Bonchev–Trinajstić information content (AvgIpc) is 2.79. The second-order valence-electron chi connectivity index (χ2n) is 5.30. The molecule has 0 aromatic carbocycles. The van der Waals surface area contributed by atoms with Crippen LogP contribution in [0.3, 0.4) is 0 Å². The van der Waals surface area contributed by atoms with Gasteiger partial charge in [0.15, 0.2) is 9.74 Å². The van der Waals surface area contributed by atoms with Crippen LogP contribution in [-0.4, -0.2) is 55.4 Å². The van der Waals surface area contributed by atoms with Crippen molar-refractivity contribution in [2.75, 3.05) is 6.61 Å². The van der Waals surface area contributed by atoms with Crippen LogP contribution < -0.4 is 5.32 Å². The normalized spacial score (nSPS) is 45.1. The predicted octanol–water partition coefficient (Wildman–Crippen LogP) is -0.646. The molecular weight excluding hydrogens is 300 g/mol. The Kier molecular flexibility index (Phi) is 2.44. The van der Waals surface area contributed by atoms with Gasteiger partial charge in [-0.3, -0.25) is 9.59 Å². The van der Waals surface area contributed by atoms with E-state index in [9.17, 15) is 19.8 Å². The van der Waals surface area contributed by atoms with Crippen LogP contribution in [0, 0.1) is 0 Å². The van der Waals surface area contributed by atoms with Gasteiger partial charge < -0.3 is 20.4 Å². The minimum atomic E-state index is -1.32. The summed E-state index contributed by atoms with van der Waals surface area (Å²) in [5, 5.41) is 22.4. The summed E-state index contributed by atoms with van der Waals surface area (Å²) < 4.78 is 0. The van der Waals surface area contributed by atoms with Crippen molar-refractivity contribution in [2.45, 2.75) is 28.3 Å². The summed E-state index contributed by atoms with van der Waals surface area (Å²) in [5.41, 5.74) is 0.882. The molecule has 2 amide bonds.